The fraction of sp³-hybridized carbons (Fsp3) is 0.107. The number of benzene rings is 9. The van der Waals surface area contributed by atoms with Crippen LogP contribution in [0.25, 0.3) is 76.9 Å². The van der Waals surface area contributed by atoms with Gasteiger partial charge in [0.15, 0.2) is 0 Å². The average Bonchev–Trinajstić information content (AvgIpc) is 3.67. The van der Waals surface area contributed by atoms with Gasteiger partial charge in [-0.05, 0) is 98.5 Å². The van der Waals surface area contributed by atoms with Gasteiger partial charge in [-0.25, -0.2) is 0 Å². The summed E-state index contributed by atoms with van der Waals surface area (Å²) in [6, 6.07) is 71.0. The van der Waals surface area contributed by atoms with E-state index in [2.05, 4.69) is 193 Å². The van der Waals surface area contributed by atoms with Gasteiger partial charge in [-0.3, -0.25) is 0 Å². The zero-order valence-corrected chi connectivity index (χ0v) is 32.4. The van der Waals surface area contributed by atoms with Crippen molar-refractivity contribution >= 4 is 60.5 Å². The smallest absolute Gasteiger partial charge is 0.137 e. The standard InChI is InChI=1S/C56H43NO/c1-3-17-38(18-4-1)43-28-13-21-40-23-15-30-49(55(40)43)45-25-7-10-32-51(45)57(42-35-36-48-47-27-9-12-34-53(47)58-54(48)37-42)52-33-11-8-26-46(52)50-31-16-24-41-22-14-29-44(56(41)50)39-19-5-2-6-20-39/h1,3-4,7-18,21-37,39H,2,5-6,19-20H2. The molecule has 2 nitrogen and oxygen atoms in total. The molecule has 1 fully saturated rings. The maximum Gasteiger partial charge on any atom is 0.137 e. The Morgan fingerprint density at radius 3 is 1.67 bits per heavy atom. The van der Waals surface area contributed by atoms with Crippen molar-refractivity contribution in [3.63, 3.8) is 0 Å². The fourth-order valence-corrected chi connectivity index (χ4v) is 9.83. The molecule has 0 atom stereocenters. The molecule has 9 aromatic carbocycles. The van der Waals surface area contributed by atoms with Gasteiger partial charge in [0.2, 0.25) is 0 Å². The van der Waals surface area contributed by atoms with E-state index in [0.29, 0.717) is 5.92 Å². The van der Waals surface area contributed by atoms with Crippen LogP contribution in [0.1, 0.15) is 43.6 Å². The molecule has 11 rings (SSSR count). The molecule has 0 aliphatic heterocycles. The summed E-state index contributed by atoms with van der Waals surface area (Å²) in [4.78, 5) is 2.48. The van der Waals surface area contributed by atoms with Crippen LogP contribution in [0.4, 0.5) is 17.1 Å². The SMILES string of the molecule is c1ccc(-c2cccc3cccc(-c4ccccc4N(c4ccc5c(c4)oc4ccccc45)c4ccccc4-c4cccc5cccc(C6CCCCC6)c45)c23)cc1. The van der Waals surface area contributed by atoms with Crippen molar-refractivity contribution in [2.24, 2.45) is 0 Å². The second-order valence-corrected chi connectivity index (χ2v) is 15.8. The number of furan rings is 1. The Balaban J connectivity index is 1.19. The number of rotatable bonds is 7. The van der Waals surface area contributed by atoms with E-state index in [0.717, 1.165) is 44.6 Å². The van der Waals surface area contributed by atoms with Crippen molar-refractivity contribution in [1.29, 1.82) is 0 Å². The number of anilines is 3. The minimum absolute atomic E-state index is 0.572. The van der Waals surface area contributed by atoms with Crippen LogP contribution in [-0.4, -0.2) is 0 Å². The van der Waals surface area contributed by atoms with Gasteiger partial charge in [-0.15, -0.1) is 0 Å². The lowest BCUT2D eigenvalue weighted by molar-refractivity contribution is 0.445. The van der Waals surface area contributed by atoms with E-state index < -0.39 is 0 Å². The van der Waals surface area contributed by atoms with Crippen LogP contribution in [-0.2, 0) is 0 Å². The summed E-state index contributed by atoms with van der Waals surface area (Å²) in [6.45, 7) is 0. The molecule has 0 saturated heterocycles. The third-order valence-corrected chi connectivity index (χ3v) is 12.5. The molecule has 2 heteroatoms. The normalized spacial score (nSPS) is 13.4. The highest BCUT2D eigenvalue weighted by molar-refractivity contribution is 6.11. The van der Waals surface area contributed by atoms with Crippen LogP contribution in [0, 0.1) is 0 Å². The summed E-state index contributed by atoms with van der Waals surface area (Å²) in [5.41, 5.74) is 13.8. The number of hydrogen-bond acceptors (Lipinski definition) is 2. The molecule has 58 heavy (non-hydrogen) atoms. The molecule has 0 unspecified atom stereocenters. The number of nitrogens with zero attached hydrogens (tertiary/aromatic N) is 1. The Labute approximate surface area is 339 Å². The van der Waals surface area contributed by atoms with E-state index in [1.807, 2.05) is 6.07 Å². The molecule has 1 heterocycles. The van der Waals surface area contributed by atoms with Crippen LogP contribution in [0.2, 0.25) is 0 Å². The Morgan fingerprint density at radius 1 is 0.397 bits per heavy atom. The first-order chi connectivity index (χ1) is 28.8. The van der Waals surface area contributed by atoms with E-state index in [1.54, 1.807) is 0 Å². The third kappa shape index (κ3) is 5.87. The summed E-state index contributed by atoms with van der Waals surface area (Å²) < 4.78 is 6.58. The van der Waals surface area contributed by atoms with Crippen LogP contribution >= 0.6 is 0 Å². The molecule has 0 N–H and O–H groups in total. The molecule has 1 aromatic heterocycles. The van der Waals surface area contributed by atoms with E-state index in [1.165, 1.54) is 87.0 Å². The number of fused-ring (bicyclic) bond motifs is 5. The summed E-state index contributed by atoms with van der Waals surface area (Å²) in [5.74, 6) is 0.572. The van der Waals surface area contributed by atoms with Crippen molar-refractivity contribution in [3.05, 3.63) is 200 Å². The van der Waals surface area contributed by atoms with Crippen LogP contribution in [0.5, 0.6) is 0 Å². The summed E-state index contributed by atoms with van der Waals surface area (Å²) in [7, 11) is 0. The highest BCUT2D eigenvalue weighted by atomic mass is 16.3. The molecule has 1 saturated carbocycles. The minimum Gasteiger partial charge on any atom is -0.456 e. The van der Waals surface area contributed by atoms with Gasteiger partial charge in [-0.2, -0.15) is 0 Å². The van der Waals surface area contributed by atoms with Crippen molar-refractivity contribution in [2.45, 2.75) is 38.0 Å². The monoisotopic (exact) mass is 745 g/mol. The predicted octanol–water partition coefficient (Wildman–Crippen LogP) is 16.4. The summed E-state index contributed by atoms with van der Waals surface area (Å²) >= 11 is 0. The third-order valence-electron chi connectivity index (χ3n) is 12.5. The van der Waals surface area contributed by atoms with Crippen LogP contribution < -0.4 is 4.90 Å². The first-order valence-corrected chi connectivity index (χ1v) is 20.8. The zero-order chi connectivity index (χ0) is 38.4. The predicted molar refractivity (Wildman–Crippen MR) is 246 cm³/mol. The second kappa shape index (κ2) is 14.6. The molecule has 0 spiro atoms. The van der Waals surface area contributed by atoms with Crippen molar-refractivity contribution < 1.29 is 4.42 Å². The Morgan fingerprint density at radius 2 is 0.948 bits per heavy atom. The lowest BCUT2D eigenvalue weighted by Gasteiger charge is -2.31. The molecular weight excluding hydrogens is 703 g/mol. The quantitative estimate of drug-likeness (QED) is 0.162. The highest BCUT2D eigenvalue weighted by Gasteiger charge is 2.25. The molecule has 0 bridgehead atoms. The molecular formula is C56H43NO. The fourth-order valence-electron chi connectivity index (χ4n) is 9.83. The topological polar surface area (TPSA) is 16.4 Å². The summed E-state index contributed by atoms with van der Waals surface area (Å²) in [5, 5.41) is 7.40. The van der Waals surface area contributed by atoms with Gasteiger partial charge in [-0.1, -0.05) is 177 Å². The second-order valence-electron chi connectivity index (χ2n) is 15.8. The Hall–Kier alpha value is -6.90. The van der Waals surface area contributed by atoms with Gasteiger partial charge < -0.3 is 9.32 Å². The molecule has 278 valence electrons. The van der Waals surface area contributed by atoms with E-state index in [4.69, 9.17) is 4.42 Å². The van der Waals surface area contributed by atoms with Gasteiger partial charge in [0, 0.05) is 33.7 Å². The van der Waals surface area contributed by atoms with Crippen molar-refractivity contribution in [3.8, 4) is 33.4 Å². The molecule has 10 aromatic rings. The number of para-hydroxylation sites is 3. The van der Waals surface area contributed by atoms with Crippen molar-refractivity contribution in [2.75, 3.05) is 4.90 Å². The first-order valence-electron chi connectivity index (χ1n) is 20.8. The van der Waals surface area contributed by atoms with Gasteiger partial charge in [0.1, 0.15) is 11.2 Å². The van der Waals surface area contributed by atoms with Gasteiger partial charge in [0.25, 0.3) is 0 Å². The van der Waals surface area contributed by atoms with Gasteiger partial charge >= 0.3 is 0 Å². The van der Waals surface area contributed by atoms with Crippen molar-refractivity contribution in [1.82, 2.24) is 0 Å². The van der Waals surface area contributed by atoms with E-state index in [9.17, 15) is 0 Å². The molecule has 1 aliphatic rings. The first kappa shape index (κ1) is 34.4. The minimum atomic E-state index is 0.572. The van der Waals surface area contributed by atoms with E-state index >= 15 is 0 Å². The highest BCUT2D eigenvalue weighted by Crippen LogP contribution is 2.49. The zero-order valence-electron chi connectivity index (χ0n) is 32.4. The van der Waals surface area contributed by atoms with Gasteiger partial charge in [0.05, 0.1) is 11.4 Å². The summed E-state index contributed by atoms with van der Waals surface area (Å²) in [6.07, 6.45) is 6.44. The average molecular weight is 746 g/mol. The maximum atomic E-state index is 6.58. The van der Waals surface area contributed by atoms with Crippen LogP contribution in [0.3, 0.4) is 0 Å². The Bertz CT molecular complexity index is 3100. The van der Waals surface area contributed by atoms with Crippen LogP contribution in [0.15, 0.2) is 199 Å². The number of hydrogen-bond donors (Lipinski definition) is 0. The lowest BCUT2D eigenvalue weighted by Crippen LogP contribution is -2.12. The lowest BCUT2D eigenvalue weighted by atomic mass is 9.80. The Kier molecular flexibility index (Phi) is 8.62. The molecule has 0 radical (unpaired) electrons. The van der Waals surface area contributed by atoms with E-state index in [-0.39, 0.29) is 0 Å². The largest absolute Gasteiger partial charge is 0.456 e. The molecule has 0 amide bonds. The molecule has 1 aliphatic carbocycles. The maximum absolute atomic E-state index is 6.58.